The quantitative estimate of drug-likeness (QED) is 0.0159. The van der Waals surface area contributed by atoms with Crippen LogP contribution in [0.4, 0.5) is 0 Å². The molecule has 0 saturated carbocycles. The van der Waals surface area contributed by atoms with Crippen LogP contribution in [-0.2, 0) is 37.4 Å². The van der Waals surface area contributed by atoms with E-state index in [1.54, 1.807) is 0 Å². The molecule has 0 aliphatic carbocycles. The van der Waals surface area contributed by atoms with Gasteiger partial charge in [0.1, 0.15) is 19.8 Å². The maximum atomic E-state index is 12.8. The summed E-state index contributed by atoms with van der Waals surface area (Å²) < 4.78 is 40.2. The Kier molecular flexibility index (Phi) is 36.2. The number of carbonyl (C=O) groups is 2. The van der Waals surface area contributed by atoms with Gasteiger partial charge in [-0.2, -0.15) is 0 Å². The van der Waals surface area contributed by atoms with Crippen LogP contribution in [0.15, 0.2) is 36.5 Å². The zero-order valence-corrected chi connectivity index (χ0v) is 40.7. The predicted octanol–water partition coefficient (Wildman–Crippen LogP) is 13.5. The second kappa shape index (κ2) is 38.6. The molecule has 1 aliphatic heterocycles. The minimum atomic E-state index is -4.40. The van der Waals surface area contributed by atoms with Gasteiger partial charge < -0.3 is 23.6 Å². The number of likely N-dealkylation sites (N-methyl/N-ethyl adjacent to an activating group) is 1. The predicted molar refractivity (Wildman–Crippen MR) is 251 cm³/mol. The second-order valence-electron chi connectivity index (χ2n) is 18.2. The number of rotatable bonds is 44. The van der Waals surface area contributed by atoms with Crippen molar-refractivity contribution in [2.24, 2.45) is 0 Å². The van der Waals surface area contributed by atoms with E-state index in [0.717, 1.165) is 38.5 Å². The van der Waals surface area contributed by atoms with E-state index in [2.05, 4.69) is 50.3 Å². The molecule has 1 saturated heterocycles. The van der Waals surface area contributed by atoms with Crippen LogP contribution in [0.5, 0.6) is 0 Å². The largest absolute Gasteiger partial charge is 0.472 e. The standard InChI is InChI=1S/C50H92NO9P/c1-6-8-10-12-14-16-18-20-21-22-23-24-25-26-28-30-32-34-36-40-50(53)59-46(45-58-61(54,55)57-43-42-51(3,4)5)44-56-49(52)41-37-39-48-47(60-48)38-35-33-31-29-27-19-17-15-13-11-9-7-2/h15,17,27,29,33,35,46-48H,6-14,16,18-26,28,30-32,34,36-45H2,1-5H3/p+1/b17-15-,29-27-,35-33-/t46-,47?,48?/m1/s1. The number of unbranched alkanes of at least 4 members (excludes halogenated alkanes) is 21. The van der Waals surface area contributed by atoms with Crippen molar-refractivity contribution >= 4 is 19.8 Å². The fraction of sp³-hybridized carbons (Fsp3) is 0.840. The van der Waals surface area contributed by atoms with E-state index in [1.165, 1.54) is 128 Å². The molecule has 0 amide bonds. The van der Waals surface area contributed by atoms with Crippen LogP contribution in [0, 0.1) is 0 Å². The molecule has 356 valence electrons. The number of phosphoric acid groups is 1. The maximum Gasteiger partial charge on any atom is 0.472 e. The summed E-state index contributed by atoms with van der Waals surface area (Å²) in [5, 5.41) is 0. The van der Waals surface area contributed by atoms with Gasteiger partial charge in [-0.15, -0.1) is 0 Å². The van der Waals surface area contributed by atoms with Gasteiger partial charge in [0.05, 0.1) is 40.0 Å². The lowest BCUT2D eigenvalue weighted by molar-refractivity contribution is -0.870. The first-order chi connectivity index (χ1) is 29.5. The molecule has 1 fully saturated rings. The molecule has 0 bridgehead atoms. The number of hydrogen-bond donors (Lipinski definition) is 1. The van der Waals surface area contributed by atoms with Crippen LogP contribution in [-0.4, -0.2) is 87.1 Å². The molecule has 1 rings (SSSR count). The average Bonchev–Trinajstić information content (AvgIpc) is 3.97. The molecular formula is C50H93NO9P+. The summed E-state index contributed by atoms with van der Waals surface area (Å²) in [6.07, 6.45) is 46.4. The van der Waals surface area contributed by atoms with Gasteiger partial charge in [-0.3, -0.25) is 18.6 Å². The maximum absolute atomic E-state index is 12.8. The third kappa shape index (κ3) is 39.5. The minimum absolute atomic E-state index is 0.0205. The Morgan fingerprint density at radius 3 is 1.66 bits per heavy atom. The van der Waals surface area contributed by atoms with Crippen LogP contribution >= 0.6 is 7.82 Å². The third-order valence-electron chi connectivity index (χ3n) is 11.1. The lowest BCUT2D eigenvalue weighted by atomic mass is 10.0. The smallest absolute Gasteiger partial charge is 0.462 e. The summed E-state index contributed by atoms with van der Waals surface area (Å²) in [4.78, 5) is 35.6. The highest BCUT2D eigenvalue weighted by Gasteiger charge is 2.36. The SMILES string of the molecule is CCCCC/C=C\C/C=C\C/C=C\CC1OC1CCCC(=O)OC[C@H](COP(=O)(O)OCC[N+](C)(C)C)OC(=O)CCCCCCCCCCCCCCCCCCCCC. The van der Waals surface area contributed by atoms with Crippen LogP contribution in [0.1, 0.15) is 206 Å². The second-order valence-corrected chi connectivity index (χ2v) is 19.7. The summed E-state index contributed by atoms with van der Waals surface area (Å²) in [7, 11) is 1.44. The number of quaternary nitrogens is 1. The van der Waals surface area contributed by atoms with E-state index >= 15 is 0 Å². The first-order valence-electron chi connectivity index (χ1n) is 24.8. The Morgan fingerprint density at radius 1 is 0.607 bits per heavy atom. The Morgan fingerprint density at radius 2 is 1.10 bits per heavy atom. The van der Waals surface area contributed by atoms with Crippen molar-refractivity contribution < 1.29 is 46.8 Å². The number of hydrogen-bond acceptors (Lipinski definition) is 8. The summed E-state index contributed by atoms with van der Waals surface area (Å²) in [5.74, 6) is -0.867. The van der Waals surface area contributed by atoms with E-state index < -0.39 is 32.5 Å². The molecule has 0 aromatic heterocycles. The number of allylic oxidation sites excluding steroid dienone is 5. The van der Waals surface area contributed by atoms with Gasteiger partial charge in [0.15, 0.2) is 6.10 Å². The van der Waals surface area contributed by atoms with Crippen molar-refractivity contribution in [1.29, 1.82) is 0 Å². The highest BCUT2D eigenvalue weighted by molar-refractivity contribution is 7.47. The molecule has 11 heteroatoms. The highest BCUT2D eigenvalue weighted by Crippen LogP contribution is 2.43. The Hall–Kier alpha value is -1.81. The van der Waals surface area contributed by atoms with Crippen molar-refractivity contribution in [3.63, 3.8) is 0 Å². The number of carbonyl (C=O) groups excluding carboxylic acids is 2. The number of ether oxygens (including phenoxy) is 3. The number of esters is 2. The zero-order valence-electron chi connectivity index (χ0n) is 39.8. The molecule has 61 heavy (non-hydrogen) atoms. The zero-order chi connectivity index (χ0) is 44.7. The molecule has 0 spiro atoms. The third-order valence-corrected chi connectivity index (χ3v) is 12.1. The van der Waals surface area contributed by atoms with Crippen molar-refractivity contribution in [3.8, 4) is 0 Å². The average molecular weight is 883 g/mol. The minimum Gasteiger partial charge on any atom is -0.462 e. The van der Waals surface area contributed by atoms with Gasteiger partial charge in [0.2, 0.25) is 0 Å². The van der Waals surface area contributed by atoms with Crippen molar-refractivity contribution in [2.45, 2.75) is 225 Å². The van der Waals surface area contributed by atoms with Crippen LogP contribution < -0.4 is 0 Å². The molecule has 0 radical (unpaired) electrons. The summed E-state index contributed by atoms with van der Waals surface area (Å²) in [5.41, 5.74) is 0. The van der Waals surface area contributed by atoms with Gasteiger partial charge >= 0.3 is 19.8 Å². The summed E-state index contributed by atoms with van der Waals surface area (Å²) in [6.45, 7) is 4.33. The first-order valence-corrected chi connectivity index (χ1v) is 26.3. The Balaban J connectivity index is 2.27. The molecule has 0 aromatic rings. The van der Waals surface area contributed by atoms with Crippen molar-refractivity contribution in [3.05, 3.63) is 36.5 Å². The number of nitrogens with zero attached hydrogens (tertiary/aromatic N) is 1. The molecular weight excluding hydrogens is 790 g/mol. The summed E-state index contributed by atoms with van der Waals surface area (Å²) in [6, 6.07) is 0. The van der Waals surface area contributed by atoms with Gasteiger partial charge in [-0.25, -0.2) is 4.57 Å². The van der Waals surface area contributed by atoms with Gasteiger partial charge in [0.25, 0.3) is 0 Å². The number of epoxide rings is 1. The lowest BCUT2D eigenvalue weighted by Crippen LogP contribution is -2.37. The van der Waals surface area contributed by atoms with E-state index in [-0.39, 0.29) is 38.3 Å². The van der Waals surface area contributed by atoms with E-state index in [4.69, 9.17) is 23.3 Å². The Bertz CT molecular complexity index is 1200. The summed E-state index contributed by atoms with van der Waals surface area (Å²) >= 11 is 0. The van der Waals surface area contributed by atoms with Gasteiger partial charge in [-0.1, -0.05) is 179 Å². The van der Waals surface area contributed by atoms with Gasteiger partial charge in [-0.05, 0) is 51.4 Å². The molecule has 1 aliphatic rings. The molecule has 10 nitrogen and oxygen atoms in total. The highest BCUT2D eigenvalue weighted by atomic mass is 31.2. The van der Waals surface area contributed by atoms with E-state index in [0.29, 0.717) is 23.9 Å². The van der Waals surface area contributed by atoms with Crippen LogP contribution in [0.2, 0.25) is 0 Å². The molecule has 1 N–H and O–H groups in total. The van der Waals surface area contributed by atoms with Crippen molar-refractivity contribution in [1.82, 2.24) is 0 Å². The monoisotopic (exact) mass is 883 g/mol. The lowest BCUT2D eigenvalue weighted by Gasteiger charge is -2.24. The Labute approximate surface area is 374 Å². The fourth-order valence-corrected chi connectivity index (χ4v) is 7.84. The number of phosphoric ester groups is 1. The first kappa shape index (κ1) is 57.2. The van der Waals surface area contributed by atoms with E-state index in [9.17, 15) is 19.0 Å². The van der Waals surface area contributed by atoms with E-state index in [1.807, 2.05) is 21.1 Å². The fourth-order valence-electron chi connectivity index (χ4n) is 7.10. The van der Waals surface area contributed by atoms with Crippen molar-refractivity contribution in [2.75, 3.05) is 47.5 Å². The molecule has 1 heterocycles. The molecule has 3 unspecified atom stereocenters. The van der Waals surface area contributed by atoms with Crippen LogP contribution in [0.3, 0.4) is 0 Å². The normalized spacial score (nSPS) is 17.1. The van der Waals surface area contributed by atoms with Gasteiger partial charge in [0, 0.05) is 12.8 Å². The molecule has 0 aromatic carbocycles. The topological polar surface area (TPSA) is 121 Å². The van der Waals surface area contributed by atoms with Crippen LogP contribution in [0.25, 0.3) is 0 Å². The molecule has 4 atom stereocenters.